The molecule has 0 aliphatic heterocycles. The van der Waals surface area contributed by atoms with Gasteiger partial charge in [0.1, 0.15) is 0 Å². The Balaban J connectivity index is 3.07. The highest BCUT2D eigenvalue weighted by molar-refractivity contribution is 7.89. The van der Waals surface area contributed by atoms with Gasteiger partial charge < -0.3 is 5.32 Å². The quantitative estimate of drug-likeness (QED) is 0.828. The van der Waals surface area contributed by atoms with E-state index in [0.717, 1.165) is 12.0 Å². The van der Waals surface area contributed by atoms with Gasteiger partial charge in [0.05, 0.1) is 4.90 Å². The lowest BCUT2D eigenvalue weighted by molar-refractivity contribution is 0.218. The van der Waals surface area contributed by atoms with E-state index >= 15 is 0 Å². The van der Waals surface area contributed by atoms with Crippen LogP contribution in [0.15, 0.2) is 23.1 Å². The van der Waals surface area contributed by atoms with Gasteiger partial charge in [-0.2, -0.15) is 0 Å². The van der Waals surface area contributed by atoms with E-state index in [9.17, 15) is 8.42 Å². The number of sulfonamides is 1. The van der Waals surface area contributed by atoms with Crippen molar-refractivity contribution in [1.82, 2.24) is 5.32 Å². The highest BCUT2D eigenvalue weighted by Gasteiger charge is 2.27. The Morgan fingerprint density at radius 3 is 2.17 bits per heavy atom. The van der Waals surface area contributed by atoms with Crippen molar-refractivity contribution in [2.75, 3.05) is 0 Å². The van der Waals surface area contributed by atoms with Crippen LogP contribution in [0, 0.1) is 18.3 Å². The molecular formula is C18H32N2O2S. The molecule has 0 aliphatic rings. The molecule has 0 aromatic heterocycles. The molecule has 0 saturated carbocycles. The molecule has 0 aliphatic carbocycles. The summed E-state index contributed by atoms with van der Waals surface area (Å²) in [6, 6.07) is 5.88. The van der Waals surface area contributed by atoms with Crippen LogP contribution in [-0.2, 0) is 10.0 Å². The number of hydrogen-bond acceptors (Lipinski definition) is 3. The normalized spacial score (nSPS) is 15.7. The summed E-state index contributed by atoms with van der Waals surface area (Å²) in [7, 11) is -3.69. The molecule has 0 spiro atoms. The Hall–Kier alpha value is -0.910. The van der Waals surface area contributed by atoms with Crippen LogP contribution in [0.4, 0.5) is 0 Å². The van der Waals surface area contributed by atoms with E-state index in [4.69, 9.17) is 5.14 Å². The van der Waals surface area contributed by atoms with Crippen molar-refractivity contribution in [3.05, 3.63) is 29.3 Å². The van der Waals surface area contributed by atoms with Gasteiger partial charge in [-0.05, 0) is 48.8 Å². The highest BCUT2D eigenvalue weighted by atomic mass is 32.2. The first-order valence-corrected chi connectivity index (χ1v) is 9.76. The van der Waals surface area contributed by atoms with Crippen LogP contribution >= 0.6 is 0 Å². The summed E-state index contributed by atoms with van der Waals surface area (Å²) in [5, 5.41) is 8.98. The maximum Gasteiger partial charge on any atom is 0.238 e. The first-order valence-electron chi connectivity index (χ1n) is 8.21. The van der Waals surface area contributed by atoms with Gasteiger partial charge in [-0.15, -0.1) is 0 Å². The minimum Gasteiger partial charge on any atom is -0.307 e. The zero-order valence-electron chi connectivity index (χ0n) is 15.5. The van der Waals surface area contributed by atoms with E-state index in [1.54, 1.807) is 13.0 Å². The zero-order chi connectivity index (χ0) is 18.0. The van der Waals surface area contributed by atoms with Gasteiger partial charge in [-0.25, -0.2) is 13.6 Å². The SMILES string of the molecule is Cc1ccc([C@@H](C)N[C@@H](CC(C)C)C(C)(C)C)cc1S(N)(=O)=O. The van der Waals surface area contributed by atoms with E-state index in [0.29, 0.717) is 17.5 Å². The summed E-state index contributed by atoms with van der Waals surface area (Å²) in [4.78, 5) is 0.208. The smallest absolute Gasteiger partial charge is 0.238 e. The molecule has 1 aromatic carbocycles. The minimum atomic E-state index is -3.69. The molecule has 4 nitrogen and oxygen atoms in total. The van der Waals surface area contributed by atoms with Gasteiger partial charge in [-0.1, -0.05) is 46.8 Å². The Labute approximate surface area is 141 Å². The highest BCUT2D eigenvalue weighted by Crippen LogP contribution is 2.28. The third kappa shape index (κ3) is 5.90. The Kier molecular flexibility index (Phi) is 6.41. The van der Waals surface area contributed by atoms with Crippen molar-refractivity contribution in [1.29, 1.82) is 0 Å². The molecule has 3 N–H and O–H groups in total. The molecule has 23 heavy (non-hydrogen) atoms. The first-order chi connectivity index (χ1) is 10.3. The number of hydrogen-bond donors (Lipinski definition) is 2. The summed E-state index contributed by atoms with van der Waals surface area (Å²) in [6.45, 7) is 14.9. The molecule has 0 heterocycles. The summed E-state index contributed by atoms with van der Waals surface area (Å²) >= 11 is 0. The molecule has 0 amide bonds. The predicted molar refractivity (Wildman–Crippen MR) is 96.8 cm³/mol. The van der Waals surface area contributed by atoms with E-state index in [-0.39, 0.29) is 16.4 Å². The van der Waals surface area contributed by atoms with Crippen molar-refractivity contribution in [3.63, 3.8) is 0 Å². The van der Waals surface area contributed by atoms with E-state index in [1.165, 1.54) is 0 Å². The third-order valence-electron chi connectivity index (χ3n) is 4.22. The number of nitrogens with one attached hydrogen (secondary N) is 1. The molecule has 5 heteroatoms. The number of benzene rings is 1. The second kappa shape index (κ2) is 7.32. The summed E-state index contributed by atoms with van der Waals surface area (Å²) < 4.78 is 23.4. The van der Waals surface area contributed by atoms with Gasteiger partial charge in [0.15, 0.2) is 0 Å². The zero-order valence-corrected chi connectivity index (χ0v) is 16.3. The average molecular weight is 341 g/mol. The van der Waals surface area contributed by atoms with Gasteiger partial charge >= 0.3 is 0 Å². The van der Waals surface area contributed by atoms with Crippen LogP contribution in [0.3, 0.4) is 0 Å². The van der Waals surface area contributed by atoms with Gasteiger partial charge in [0.25, 0.3) is 0 Å². The van der Waals surface area contributed by atoms with Gasteiger partial charge in [-0.3, -0.25) is 0 Å². The van der Waals surface area contributed by atoms with Crippen LogP contribution < -0.4 is 10.5 Å². The van der Waals surface area contributed by atoms with Crippen LogP contribution in [0.25, 0.3) is 0 Å². The number of nitrogens with two attached hydrogens (primary N) is 1. The van der Waals surface area contributed by atoms with Crippen LogP contribution in [-0.4, -0.2) is 14.5 Å². The molecule has 1 aromatic rings. The lowest BCUT2D eigenvalue weighted by Gasteiger charge is -2.35. The Morgan fingerprint density at radius 1 is 1.17 bits per heavy atom. The lowest BCUT2D eigenvalue weighted by Crippen LogP contribution is -2.42. The van der Waals surface area contributed by atoms with Crippen LogP contribution in [0.1, 0.15) is 65.1 Å². The van der Waals surface area contributed by atoms with Gasteiger partial charge in [0.2, 0.25) is 10.0 Å². The summed E-state index contributed by atoms with van der Waals surface area (Å²) in [5.74, 6) is 0.594. The molecule has 2 atom stereocenters. The first kappa shape index (κ1) is 20.1. The maximum absolute atomic E-state index is 11.7. The lowest BCUT2D eigenvalue weighted by atomic mass is 9.81. The standard InChI is InChI=1S/C18H32N2O2S/c1-12(2)10-17(18(5,6)7)20-14(4)15-9-8-13(3)16(11-15)23(19,21)22/h8-9,11-12,14,17,20H,10H2,1-7H3,(H2,19,21,22)/t14-,17+/m1/s1. The fraction of sp³-hybridized carbons (Fsp3) is 0.667. The average Bonchev–Trinajstić information content (AvgIpc) is 2.35. The molecule has 0 fully saturated rings. The second-order valence-corrected chi connectivity index (χ2v) is 9.54. The molecule has 0 radical (unpaired) electrons. The summed E-state index contributed by atoms with van der Waals surface area (Å²) in [6.07, 6.45) is 1.07. The molecule has 0 saturated heterocycles. The molecule has 132 valence electrons. The number of aryl methyl sites for hydroxylation is 1. The Morgan fingerprint density at radius 2 is 1.74 bits per heavy atom. The predicted octanol–water partition coefficient (Wildman–Crippen LogP) is 3.75. The van der Waals surface area contributed by atoms with E-state index in [1.807, 2.05) is 12.1 Å². The topological polar surface area (TPSA) is 72.2 Å². The van der Waals surface area contributed by atoms with Crippen molar-refractivity contribution in [2.24, 2.45) is 16.5 Å². The van der Waals surface area contributed by atoms with Crippen molar-refractivity contribution < 1.29 is 8.42 Å². The Bertz CT molecular complexity index is 631. The van der Waals surface area contributed by atoms with Gasteiger partial charge in [0, 0.05) is 12.1 Å². The van der Waals surface area contributed by atoms with Crippen LogP contribution in [0.2, 0.25) is 0 Å². The fourth-order valence-electron chi connectivity index (χ4n) is 2.73. The number of primary sulfonamides is 1. The maximum atomic E-state index is 11.7. The van der Waals surface area contributed by atoms with Crippen molar-refractivity contribution in [2.45, 2.75) is 71.9 Å². The second-order valence-electron chi connectivity index (χ2n) is 8.01. The van der Waals surface area contributed by atoms with Crippen LogP contribution in [0.5, 0.6) is 0 Å². The van der Waals surface area contributed by atoms with E-state index in [2.05, 4.69) is 46.9 Å². The van der Waals surface area contributed by atoms with E-state index < -0.39 is 10.0 Å². The third-order valence-corrected chi connectivity index (χ3v) is 5.28. The minimum absolute atomic E-state index is 0.0547. The monoisotopic (exact) mass is 340 g/mol. The van der Waals surface area contributed by atoms with Crippen molar-refractivity contribution >= 4 is 10.0 Å². The van der Waals surface area contributed by atoms with Crippen molar-refractivity contribution in [3.8, 4) is 0 Å². The summed E-state index contributed by atoms with van der Waals surface area (Å²) in [5.41, 5.74) is 1.75. The number of rotatable bonds is 6. The largest absolute Gasteiger partial charge is 0.307 e. The molecule has 0 unspecified atom stereocenters. The molecule has 1 rings (SSSR count). The molecule has 0 bridgehead atoms. The fourth-order valence-corrected chi connectivity index (χ4v) is 3.55. The molecular weight excluding hydrogens is 308 g/mol.